The van der Waals surface area contributed by atoms with Gasteiger partial charge in [-0.05, 0) is 35.9 Å². The molecular formula is C19H14FN5O. The molecule has 0 radical (unpaired) electrons. The number of nitrogens with one attached hydrogen (secondary N) is 2. The first-order valence-electron chi connectivity index (χ1n) is 7.98. The van der Waals surface area contributed by atoms with Crippen molar-refractivity contribution in [2.45, 2.75) is 6.42 Å². The summed E-state index contributed by atoms with van der Waals surface area (Å²) in [7, 11) is 0. The van der Waals surface area contributed by atoms with Gasteiger partial charge in [0.25, 0.3) is 0 Å². The molecule has 7 heteroatoms. The number of fused-ring (bicyclic) bond motifs is 1. The number of nitrogens with zero attached hydrogens (tertiary/aromatic N) is 3. The van der Waals surface area contributed by atoms with E-state index in [0.29, 0.717) is 11.5 Å². The van der Waals surface area contributed by atoms with Gasteiger partial charge in [0.15, 0.2) is 5.65 Å². The van der Waals surface area contributed by atoms with Gasteiger partial charge in [-0.2, -0.15) is 0 Å². The summed E-state index contributed by atoms with van der Waals surface area (Å²) < 4.78 is 12.9. The van der Waals surface area contributed by atoms with E-state index in [4.69, 9.17) is 0 Å². The molecule has 0 aliphatic heterocycles. The van der Waals surface area contributed by atoms with Gasteiger partial charge in [-0.25, -0.2) is 14.4 Å². The standard InChI is InChI=1S/C19H14FN5O/c20-14-3-1-12(2-4-14)9-18(26)25-17-10-13(5-6-22-17)15-11-16-19(24-15)23-8-7-21-16/h1-8,10-11H,9H2,(H,23,24)(H,22,25,26). The van der Waals surface area contributed by atoms with Gasteiger partial charge in [0, 0.05) is 29.8 Å². The number of aromatic amines is 1. The Labute approximate surface area is 148 Å². The van der Waals surface area contributed by atoms with E-state index in [-0.39, 0.29) is 18.1 Å². The fourth-order valence-electron chi connectivity index (χ4n) is 2.65. The SMILES string of the molecule is O=C(Cc1ccc(F)cc1)Nc1cc(-c2cc3nccnc3[nH]2)ccn1. The maximum Gasteiger partial charge on any atom is 0.229 e. The second-order valence-corrected chi connectivity index (χ2v) is 5.75. The number of carbonyl (C=O) groups is 1. The molecule has 0 atom stereocenters. The van der Waals surface area contributed by atoms with E-state index in [9.17, 15) is 9.18 Å². The fraction of sp³-hybridized carbons (Fsp3) is 0.0526. The normalized spacial score (nSPS) is 10.8. The van der Waals surface area contributed by atoms with Gasteiger partial charge >= 0.3 is 0 Å². The number of rotatable bonds is 4. The molecule has 1 aromatic carbocycles. The maximum atomic E-state index is 12.9. The van der Waals surface area contributed by atoms with E-state index < -0.39 is 0 Å². The summed E-state index contributed by atoms with van der Waals surface area (Å²) in [4.78, 5) is 28.0. The Bertz CT molecular complexity index is 1040. The molecule has 26 heavy (non-hydrogen) atoms. The van der Waals surface area contributed by atoms with Crippen LogP contribution in [0.3, 0.4) is 0 Å². The number of pyridine rings is 1. The minimum Gasteiger partial charge on any atom is -0.338 e. The first kappa shape index (κ1) is 15.9. The number of hydrogen-bond donors (Lipinski definition) is 2. The maximum absolute atomic E-state index is 12.9. The van der Waals surface area contributed by atoms with E-state index in [1.807, 2.05) is 12.1 Å². The Morgan fingerprint density at radius 3 is 2.62 bits per heavy atom. The lowest BCUT2D eigenvalue weighted by atomic mass is 10.1. The number of amides is 1. The van der Waals surface area contributed by atoms with Gasteiger partial charge < -0.3 is 10.3 Å². The molecular weight excluding hydrogens is 333 g/mol. The second-order valence-electron chi connectivity index (χ2n) is 5.75. The van der Waals surface area contributed by atoms with Crippen LogP contribution in [-0.4, -0.2) is 25.8 Å². The number of anilines is 1. The molecule has 4 aromatic rings. The smallest absolute Gasteiger partial charge is 0.229 e. The largest absolute Gasteiger partial charge is 0.338 e. The van der Waals surface area contributed by atoms with Gasteiger partial charge in [-0.15, -0.1) is 0 Å². The van der Waals surface area contributed by atoms with Crippen molar-refractivity contribution in [1.29, 1.82) is 0 Å². The molecule has 0 aliphatic rings. The summed E-state index contributed by atoms with van der Waals surface area (Å²) in [6.45, 7) is 0. The molecule has 0 bridgehead atoms. The van der Waals surface area contributed by atoms with E-state index in [2.05, 4.69) is 25.3 Å². The first-order chi connectivity index (χ1) is 12.7. The molecule has 0 saturated heterocycles. The van der Waals surface area contributed by atoms with Crippen LogP contribution in [0.4, 0.5) is 10.2 Å². The predicted octanol–water partition coefficient (Wildman–Crippen LogP) is 3.34. The Kier molecular flexibility index (Phi) is 4.10. The molecule has 1 amide bonds. The second kappa shape index (κ2) is 6.72. The molecule has 0 unspecified atom stereocenters. The minimum atomic E-state index is -0.328. The van der Waals surface area contributed by atoms with Crippen LogP contribution in [0.5, 0.6) is 0 Å². The molecule has 0 aliphatic carbocycles. The van der Waals surface area contributed by atoms with Crippen molar-refractivity contribution >= 4 is 22.9 Å². The van der Waals surface area contributed by atoms with Crippen LogP contribution < -0.4 is 5.32 Å². The highest BCUT2D eigenvalue weighted by atomic mass is 19.1. The van der Waals surface area contributed by atoms with Gasteiger partial charge in [0.1, 0.15) is 17.2 Å². The lowest BCUT2D eigenvalue weighted by molar-refractivity contribution is -0.115. The molecule has 0 spiro atoms. The number of H-pyrrole nitrogens is 1. The van der Waals surface area contributed by atoms with E-state index >= 15 is 0 Å². The minimum absolute atomic E-state index is 0.145. The highest BCUT2D eigenvalue weighted by molar-refractivity contribution is 5.92. The van der Waals surface area contributed by atoms with Gasteiger partial charge in [0.05, 0.1) is 6.42 Å². The zero-order chi connectivity index (χ0) is 17.9. The van der Waals surface area contributed by atoms with Crippen LogP contribution >= 0.6 is 0 Å². The molecule has 0 saturated carbocycles. The third-order valence-electron chi connectivity index (χ3n) is 3.88. The monoisotopic (exact) mass is 347 g/mol. The van der Waals surface area contributed by atoms with Crippen LogP contribution in [0.25, 0.3) is 22.4 Å². The van der Waals surface area contributed by atoms with E-state index in [1.165, 1.54) is 12.1 Å². The molecule has 128 valence electrons. The number of aromatic nitrogens is 4. The molecule has 0 fully saturated rings. The Morgan fingerprint density at radius 2 is 1.81 bits per heavy atom. The topological polar surface area (TPSA) is 83.6 Å². The number of halogens is 1. The van der Waals surface area contributed by atoms with E-state index in [0.717, 1.165) is 22.3 Å². The van der Waals surface area contributed by atoms with E-state index in [1.54, 1.807) is 36.8 Å². The highest BCUT2D eigenvalue weighted by Gasteiger charge is 2.09. The third-order valence-corrected chi connectivity index (χ3v) is 3.88. The lowest BCUT2D eigenvalue weighted by Gasteiger charge is -2.06. The van der Waals surface area contributed by atoms with Crippen LogP contribution in [0.15, 0.2) is 61.1 Å². The van der Waals surface area contributed by atoms with Gasteiger partial charge in [-0.3, -0.25) is 9.78 Å². The average molecular weight is 347 g/mol. The van der Waals surface area contributed by atoms with Gasteiger partial charge in [0.2, 0.25) is 5.91 Å². The molecule has 4 rings (SSSR count). The fourth-order valence-corrected chi connectivity index (χ4v) is 2.65. The van der Waals surface area contributed by atoms with Crippen LogP contribution in [0.1, 0.15) is 5.56 Å². The first-order valence-corrected chi connectivity index (χ1v) is 7.98. The van der Waals surface area contributed by atoms with Crippen LogP contribution in [0, 0.1) is 5.82 Å². The molecule has 3 aromatic heterocycles. The van der Waals surface area contributed by atoms with Crippen molar-refractivity contribution in [3.05, 3.63) is 72.4 Å². The summed E-state index contributed by atoms with van der Waals surface area (Å²) in [6.07, 6.45) is 5.02. The molecule has 3 heterocycles. The summed E-state index contributed by atoms with van der Waals surface area (Å²) in [6, 6.07) is 11.3. The third kappa shape index (κ3) is 3.41. The van der Waals surface area contributed by atoms with Crippen molar-refractivity contribution in [2.24, 2.45) is 0 Å². The van der Waals surface area contributed by atoms with Crippen molar-refractivity contribution in [2.75, 3.05) is 5.32 Å². The highest BCUT2D eigenvalue weighted by Crippen LogP contribution is 2.23. The van der Waals surface area contributed by atoms with Crippen molar-refractivity contribution in [3.8, 4) is 11.3 Å². The van der Waals surface area contributed by atoms with Crippen molar-refractivity contribution < 1.29 is 9.18 Å². The quantitative estimate of drug-likeness (QED) is 0.593. The molecule has 2 N–H and O–H groups in total. The Hall–Kier alpha value is -3.61. The Balaban J connectivity index is 1.51. The summed E-state index contributed by atoms with van der Waals surface area (Å²) in [5, 5.41) is 2.76. The van der Waals surface area contributed by atoms with Crippen LogP contribution in [-0.2, 0) is 11.2 Å². The van der Waals surface area contributed by atoms with Crippen molar-refractivity contribution in [1.82, 2.24) is 19.9 Å². The van der Waals surface area contributed by atoms with Crippen LogP contribution in [0.2, 0.25) is 0 Å². The summed E-state index contributed by atoms with van der Waals surface area (Å²) in [5.41, 5.74) is 3.88. The molecule has 6 nitrogen and oxygen atoms in total. The van der Waals surface area contributed by atoms with Gasteiger partial charge in [-0.1, -0.05) is 12.1 Å². The summed E-state index contributed by atoms with van der Waals surface area (Å²) in [5.74, 6) is -0.110. The lowest BCUT2D eigenvalue weighted by Crippen LogP contribution is -2.15. The Morgan fingerprint density at radius 1 is 1.00 bits per heavy atom. The number of benzene rings is 1. The number of carbonyl (C=O) groups excluding carboxylic acids is 1. The number of hydrogen-bond acceptors (Lipinski definition) is 4. The predicted molar refractivity (Wildman–Crippen MR) is 95.9 cm³/mol. The average Bonchev–Trinajstić information content (AvgIpc) is 3.08. The zero-order valence-electron chi connectivity index (χ0n) is 13.6. The summed E-state index contributed by atoms with van der Waals surface area (Å²) >= 11 is 0. The van der Waals surface area contributed by atoms with Crippen molar-refractivity contribution in [3.63, 3.8) is 0 Å². The zero-order valence-corrected chi connectivity index (χ0v) is 13.6.